The lowest BCUT2D eigenvalue weighted by molar-refractivity contribution is -0.139. The molecule has 5 aromatic rings. The summed E-state index contributed by atoms with van der Waals surface area (Å²) in [5, 5.41) is 25.5. The first kappa shape index (κ1) is 46.2. The summed E-state index contributed by atoms with van der Waals surface area (Å²) >= 11 is 0. The van der Waals surface area contributed by atoms with E-state index >= 15 is 0 Å². The van der Waals surface area contributed by atoms with Crippen LogP contribution in [0.2, 0.25) is 0 Å². The number of ether oxygens (including phenoxy) is 2. The van der Waals surface area contributed by atoms with Crippen molar-refractivity contribution in [2.45, 2.75) is 33.0 Å². The van der Waals surface area contributed by atoms with Crippen LogP contribution in [0, 0.1) is 13.8 Å². The molecule has 2 heterocycles. The normalized spacial score (nSPS) is 10.6. The molecule has 0 fully saturated rings. The molecule has 5 rings (SSSR count). The van der Waals surface area contributed by atoms with Gasteiger partial charge in [-0.2, -0.15) is 18.3 Å². The number of rotatable bonds is 16. The number of alkyl halides is 3. The second-order valence-corrected chi connectivity index (χ2v) is 11.6. The van der Waals surface area contributed by atoms with Crippen molar-refractivity contribution in [1.82, 2.24) is 25.1 Å². The summed E-state index contributed by atoms with van der Waals surface area (Å²) in [6.07, 6.45) is -0.958. The molecule has 18 heteroatoms. The molecule has 15 nitrogen and oxygen atoms in total. The number of aliphatic carboxylic acids is 1. The van der Waals surface area contributed by atoms with E-state index in [-0.39, 0.29) is 30.8 Å². The maximum atomic E-state index is 13.6. The van der Waals surface area contributed by atoms with Crippen molar-refractivity contribution in [3.05, 3.63) is 101 Å². The van der Waals surface area contributed by atoms with Crippen molar-refractivity contribution >= 4 is 47.2 Å². The van der Waals surface area contributed by atoms with Crippen molar-refractivity contribution < 1.29 is 46.9 Å². The number of amides is 1. The summed E-state index contributed by atoms with van der Waals surface area (Å²) < 4.78 is 52.4. The zero-order chi connectivity index (χ0) is 41.5. The highest BCUT2D eigenvalue weighted by atomic mass is 19.4. The van der Waals surface area contributed by atoms with Crippen molar-refractivity contribution in [1.29, 1.82) is 0 Å². The van der Waals surface area contributed by atoms with Crippen LogP contribution in [0.15, 0.2) is 73.2 Å². The molecule has 302 valence electrons. The molecule has 0 aliphatic rings. The van der Waals surface area contributed by atoms with Crippen molar-refractivity contribution in [2.24, 2.45) is 5.73 Å². The fourth-order valence-corrected chi connectivity index (χ4v) is 4.75. The van der Waals surface area contributed by atoms with E-state index in [0.29, 0.717) is 44.0 Å². The minimum Gasteiger partial charge on any atom is -0.481 e. The Morgan fingerprint density at radius 1 is 1.00 bits per heavy atom. The number of H-pyrrole nitrogens is 1. The Balaban J connectivity index is 0.000000478. The Kier molecular flexibility index (Phi) is 20.2. The van der Waals surface area contributed by atoms with Crippen LogP contribution < -0.4 is 21.7 Å². The predicted octanol–water partition coefficient (Wildman–Crippen LogP) is 4.92. The average molecular weight is 785 g/mol. The Morgan fingerprint density at radius 3 is 2.34 bits per heavy atom. The van der Waals surface area contributed by atoms with Gasteiger partial charge in [-0.1, -0.05) is 12.1 Å². The number of anilines is 2. The van der Waals surface area contributed by atoms with Gasteiger partial charge in [-0.15, -0.1) is 0 Å². The first-order valence-electron chi connectivity index (χ1n) is 17.1. The Labute approximate surface area is 321 Å². The molecule has 0 unspecified atom stereocenters. The quantitative estimate of drug-likeness (QED) is 0.0581. The predicted molar refractivity (Wildman–Crippen MR) is 206 cm³/mol. The van der Waals surface area contributed by atoms with E-state index in [2.05, 4.69) is 36.9 Å². The Hall–Kier alpha value is -5.95. The molecular weight excluding hydrogens is 737 g/mol. The van der Waals surface area contributed by atoms with Gasteiger partial charge in [0.2, 0.25) is 0 Å². The van der Waals surface area contributed by atoms with Gasteiger partial charge in [0.05, 0.1) is 50.3 Å². The molecule has 7 N–H and O–H groups in total. The van der Waals surface area contributed by atoms with Crippen LogP contribution >= 0.6 is 0 Å². The highest BCUT2D eigenvalue weighted by Gasteiger charge is 2.32. The second-order valence-electron chi connectivity index (χ2n) is 11.6. The third-order valence-electron chi connectivity index (χ3n) is 7.46. The summed E-state index contributed by atoms with van der Waals surface area (Å²) in [5.74, 6) is -1.48. The summed E-state index contributed by atoms with van der Waals surface area (Å²) in [4.78, 5) is 44.1. The van der Waals surface area contributed by atoms with E-state index < -0.39 is 23.6 Å². The summed E-state index contributed by atoms with van der Waals surface area (Å²) in [6.45, 7) is 8.99. The number of nitrogens with one attached hydrogen (secondary N) is 4. The number of aldehydes is 1. The van der Waals surface area contributed by atoms with Crippen LogP contribution in [0.3, 0.4) is 0 Å². The van der Waals surface area contributed by atoms with Crippen LogP contribution in [0.5, 0.6) is 0 Å². The van der Waals surface area contributed by atoms with Gasteiger partial charge in [0.25, 0.3) is 5.91 Å². The lowest BCUT2D eigenvalue weighted by atomic mass is 10.1. The number of carboxylic acids is 1. The molecule has 0 bridgehead atoms. The largest absolute Gasteiger partial charge is 0.481 e. The van der Waals surface area contributed by atoms with Crippen LogP contribution in [-0.4, -0.2) is 96.4 Å². The molecular formula is C38H47F3N8O7. The molecule has 1 amide bonds. The summed E-state index contributed by atoms with van der Waals surface area (Å²) in [6, 6.07) is 16.3. The Bertz CT molecular complexity index is 1970. The lowest BCUT2D eigenvalue weighted by Gasteiger charge is -2.14. The average Bonchev–Trinajstić information content (AvgIpc) is 3.80. The highest BCUT2D eigenvalue weighted by molar-refractivity contribution is 6.04. The summed E-state index contributed by atoms with van der Waals surface area (Å²) in [5.41, 5.74) is 8.59. The maximum absolute atomic E-state index is 13.6. The first-order valence-corrected chi connectivity index (χ1v) is 17.1. The fourth-order valence-electron chi connectivity index (χ4n) is 4.75. The van der Waals surface area contributed by atoms with Crippen molar-refractivity contribution in [2.75, 3.05) is 57.2 Å². The number of nitrogens with zero attached hydrogens (tertiary/aromatic N) is 3. The smallest absolute Gasteiger partial charge is 0.416 e. The van der Waals surface area contributed by atoms with Gasteiger partial charge in [0.15, 0.2) is 0 Å². The molecule has 56 heavy (non-hydrogen) atoms. The molecule has 0 radical (unpaired) electrons. The molecule has 0 aliphatic heterocycles. The minimum atomic E-state index is -4.61. The standard InChI is InChI=1S/C27H23F3N6O.C8H17NO4.C2H5NO.CH2O/c1-16-13-31-15-36(16)23-10-19(9-20(11-23)27(28,29)30)26(37)33-22-5-3-4-18(8-22)14-32-21-6-7-24-17(2)34-35-25(24)12-21;1-9-3-5-13-7-6-12-4-2-8(10)11;3-1-2-4;1-2/h3-13,15,32H,14H2,1-2H3,(H,33,37)(H,34,35);9H,2-7H2,1H3,(H,10,11);2H,1,3H2;1H2. The maximum Gasteiger partial charge on any atom is 0.416 e. The second kappa shape index (κ2) is 24.5. The number of carbonyl (C=O) groups is 4. The number of hydrogen-bond acceptors (Lipinski definition) is 11. The van der Waals surface area contributed by atoms with Crippen LogP contribution in [0.4, 0.5) is 24.5 Å². The number of carboxylic acid groups (broad SMARTS) is 1. The van der Waals surface area contributed by atoms with Gasteiger partial charge in [0, 0.05) is 65.2 Å². The molecule has 3 aromatic carbocycles. The SMILES string of the molecule is C=O.CNCCOCCOCCC(=O)O.Cc1[nH]nc2cc(NCc3cccc(NC(=O)c4cc(-n5cncc5C)cc(C(F)(F)F)c4)c3)ccc12.NCC=O. The molecule has 0 aliphatic carbocycles. The van der Waals surface area contributed by atoms with Gasteiger partial charge in [0.1, 0.15) is 13.1 Å². The topological polar surface area (TPSA) is 216 Å². The number of fused-ring (bicyclic) bond motifs is 1. The lowest BCUT2D eigenvalue weighted by Crippen LogP contribution is -2.16. The van der Waals surface area contributed by atoms with E-state index in [9.17, 15) is 22.8 Å². The summed E-state index contributed by atoms with van der Waals surface area (Å²) in [7, 11) is 1.85. The number of aromatic nitrogens is 4. The fraction of sp³-hybridized carbons (Fsp3) is 0.316. The molecule has 0 spiro atoms. The number of nitrogens with two attached hydrogens (primary N) is 1. The van der Waals surface area contributed by atoms with Gasteiger partial charge >= 0.3 is 12.1 Å². The molecule has 2 aromatic heterocycles. The monoisotopic (exact) mass is 784 g/mol. The van der Waals surface area contributed by atoms with E-state index in [1.807, 2.05) is 45.0 Å². The minimum absolute atomic E-state index is 0.0521. The number of hydrogen-bond donors (Lipinski definition) is 6. The van der Waals surface area contributed by atoms with Gasteiger partial charge in [-0.3, -0.25) is 14.7 Å². The van der Waals surface area contributed by atoms with Crippen molar-refractivity contribution in [3.8, 4) is 5.69 Å². The number of aromatic amines is 1. The Morgan fingerprint density at radius 2 is 1.71 bits per heavy atom. The van der Waals surface area contributed by atoms with Crippen molar-refractivity contribution in [3.63, 3.8) is 0 Å². The van der Waals surface area contributed by atoms with E-state index in [4.69, 9.17) is 24.2 Å². The van der Waals surface area contributed by atoms with E-state index in [1.54, 1.807) is 25.1 Å². The number of likely N-dealkylation sites (N-methyl/N-ethyl adjacent to an activating group) is 1. The first-order chi connectivity index (χ1) is 26.9. The van der Waals surface area contributed by atoms with Gasteiger partial charge in [-0.05, 0) is 75.0 Å². The van der Waals surface area contributed by atoms with E-state index in [1.165, 1.54) is 23.2 Å². The molecule has 0 saturated carbocycles. The highest BCUT2D eigenvalue weighted by Crippen LogP contribution is 2.32. The number of carbonyl (C=O) groups excluding carboxylic acids is 3. The van der Waals surface area contributed by atoms with Gasteiger partial charge in [-0.25, -0.2) is 4.98 Å². The number of aryl methyl sites for hydroxylation is 2. The molecule has 0 saturated heterocycles. The zero-order valence-electron chi connectivity index (χ0n) is 31.3. The van der Waals surface area contributed by atoms with Crippen LogP contribution in [-0.2, 0) is 36.6 Å². The van der Waals surface area contributed by atoms with Crippen LogP contribution in [0.25, 0.3) is 16.6 Å². The number of benzene rings is 3. The zero-order valence-corrected chi connectivity index (χ0v) is 31.3. The number of imidazole rings is 1. The number of halogens is 3. The van der Waals surface area contributed by atoms with Crippen LogP contribution in [0.1, 0.15) is 39.3 Å². The third kappa shape index (κ3) is 15.8. The third-order valence-corrected chi connectivity index (χ3v) is 7.46. The van der Waals surface area contributed by atoms with E-state index in [0.717, 1.165) is 46.5 Å². The molecule has 0 atom stereocenters. The van der Waals surface area contributed by atoms with Gasteiger partial charge < -0.3 is 50.4 Å².